The van der Waals surface area contributed by atoms with Gasteiger partial charge in [-0.05, 0) is 30.5 Å². The van der Waals surface area contributed by atoms with E-state index in [1.165, 1.54) is 32.7 Å². The van der Waals surface area contributed by atoms with Gasteiger partial charge in [-0.2, -0.15) is 0 Å². The number of unbranched alkanes of at least 4 members (excludes halogenated alkanes) is 3. The third-order valence-corrected chi connectivity index (χ3v) is 5.71. The van der Waals surface area contributed by atoms with E-state index < -0.39 is 10.0 Å². The molecule has 1 aromatic carbocycles. The van der Waals surface area contributed by atoms with Gasteiger partial charge < -0.3 is 10.6 Å². The number of benzene rings is 1. The van der Waals surface area contributed by atoms with Crippen molar-refractivity contribution in [1.82, 2.24) is 15.4 Å². The molecule has 1 aromatic rings. The SMILES string of the molecule is CN=C(NCCCCCCC(C)C)NCc1ccc(CS(=O)(=O)NC)cc1.I. The van der Waals surface area contributed by atoms with Gasteiger partial charge in [-0.3, -0.25) is 4.99 Å². The van der Waals surface area contributed by atoms with Gasteiger partial charge >= 0.3 is 0 Å². The van der Waals surface area contributed by atoms with Gasteiger partial charge in [0, 0.05) is 20.1 Å². The van der Waals surface area contributed by atoms with Crippen LogP contribution >= 0.6 is 24.0 Å². The van der Waals surface area contributed by atoms with E-state index >= 15 is 0 Å². The standard InChI is InChI=1S/C20H36N4O2S.HI/c1-17(2)9-7-5-6-8-14-23-20(21-3)24-15-18-10-12-19(13-11-18)16-27(25,26)22-4;/h10-13,17,22H,5-9,14-16H2,1-4H3,(H2,21,23,24);1H. The summed E-state index contributed by atoms with van der Waals surface area (Å²) in [5, 5.41) is 6.63. The molecular weight excluding hydrogens is 487 g/mol. The largest absolute Gasteiger partial charge is 0.356 e. The number of halogens is 1. The molecule has 162 valence electrons. The molecule has 0 saturated heterocycles. The summed E-state index contributed by atoms with van der Waals surface area (Å²) in [6.07, 6.45) is 6.31. The second-order valence-corrected chi connectivity index (χ2v) is 9.16. The minimum atomic E-state index is -3.23. The van der Waals surface area contributed by atoms with Gasteiger partial charge in [0.1, 0.15) is 0 Å². The molecule has 8 heteroatoms. The zero-order valence-electron chi connectivity index (χ0n) is 17.6. The Kier molecular flexibility index (Phi) is 14.6. The zero-order valence-corrected chi connectivity index (χ0v) is 20.8. The fourth-order valence-electron chi connectivity index (χ4n) is 2.69. The first kappa shape index (κ1) is 27.1. The van der Waals surface area contributed by atoms with Crippen molar-refractivity contribution in [3.8, 4) is 0 Å². The van der Waals surface area contributed by atoms with E-state index in [9.17, 15) is 8.42 Å². The molecule has 3 N–H and O–H groups in total. The molecule has 0 fully saturated rings. The molecule has 0 radical (unpaired) electrons. The van der Waals surface area contributed by atoms with E-state index in [1.807, 2.05) is 24.3 Å². The molecule has 0 aliphatic heterocycles. The molecule has 6 nitrogen and oxygen atoms in total. The minimum absolute atomic E-state index is 0. The Bertz CT molecular complexity index is 661. The van der Waals surface area contributed by atoms with Crippen molar-refractivity contribution in [2.45, 2.75) is 58.2 Å². The third-order valence-electron chi connectivity index (χ3n) is 4.37. The molecule has 0 heterocycles. The molecule has 0 aliphatic rings. The van der Waals surface area contributed by atoms with Crippen molar-refractivity contribution >= 4 is 40.0 Å². The molecule has 0 aromatic heterocycles. The average Bonchev–Trinajstić information content (AvgIpc) is 2.64. The van der Waals surface area contributed by atoms with Crippen molar-refractivity contribution in [3.05, 3.63) is 35.4 Å². The van der Waals surface area contributed by atoms with Crippen LogP contribution in [0.2, 0.25) is 0 Å². The van der Waals surface area contributed by atoms with Crippen LogP contribution in [-0.4, -0.2) is 35.0 Å². The van der Waals surface area contributed by atoms with Gasteiger partial charge in [0.25, 0.3) is 0 Å². The maximum atomic E-state index is 11.6. The Hall–Kier alpha value is -0.870. The van der Waals surface area contributed by atoms with Crippen LogP contribution in [0.4, 0.5) is 0 Å². The number of nitrogens with zero attached hydrogens (tertiary/aromatic N) is 1. The topological polar surface area (TPSA) is 82.6 Å². The Morgan fingerprint density at radius 3 is 2.18 bits per heavy atom. The maximum Gasteiger partial charge on any atom is 0.215 e. The van der Waals surface area contributed by atoms with Gasteiger partial charge in [-0.15, -0.1) is 24.0 Å². The number of aliphatic imine (C=N–C) groups is 1. The number of nitrogens with one attached hydrogen (secondary N) is 3. The van der Waals surface area contributed by atoms with Crippen molar-refractivity contribution < 1.29 is 8.42 Å². The van der Waals surface area contributed by atoms with Crippen molar-refractivity contribution in [2.24, 2.45) is 10.9 Å². The molecule has 0 saturated carbocycles. The van der Waals surface area contributed by atoms with Crippen LogP contribution in [0.25, 0.3) is 0 Å². The summed E-state index contributed by atoms with van der Waals surface area (Å²) in [6, 6.07) is 7.57. The van der Waals surface area contributed by atoms with Gasteiger partial charge in [0.2, 0.25) is 10.0 Å². The van der Waals surface area contributed by atoms with E-state index in [-0.39, 0.29) is 29.7 Å². The summed E-state index contributed by atoms with van der Waals surface area (Å²) in [5.41, 5.74) is 1.85. The lowest BCUT2D eigenvalue weighted by molar-refractivity contribution is 0.518. The van der Waals surface area contributed by atoms with Crippen LogP contribution in [0, 0.1) is 5.92 Å². The normalized spacial score (nSPS) is 12.0. The van der Waals surface area contributed by atoms with Crippen molar-refractivity contribution in [2.75, 3.05) is 20.6 Å². The minimum Gasteiger partial charge on any atom is -0.356 e. The number of guanidine groups is 1. The molecular formula is C20H37IN4O2S. The lowest BCUT2D eigenvalue weighted by Crippen LogP contribution is -2.37. The van der Waals surface area contributed by atoms with Crippen molar-refractivity contribution in [3.63, 3.8) is 0 Å². The Morgan fingerprint density at radius 2 is 1.61 bits per heavy atom. The molecule has 28 heavy (non-hydrogen) atoms. The molecule has 0 aliphatic carbocycles. The Labute approximate surface area is 188 Å². The summed E-state index contributed by atoms with van der Waals surface area (Å²) in [5.74, 6) is 1.59. The number of rotatable bonds is 12. The molecule has 0 amide bonds. The Morgan fingerprint density at radius 1 is 1.00 bits per heavy atom. The monoisotopic (exact) mass is 524 g/mol. The van der Waals surface area contributed by atoms with E-state index in [0.717, 1.165) is 36.0 Å². The third kappa shape index (κ3) is 12.6. The summed E-state index contributed by atoms with van der Waals surface area (Å²) in [4.78, 5) is 4.24. The molecule has 0 bridgehead atoms. The lowest BCUT2D eigenvalue weighted by Gasteiger charge is -2.12. The second kappa shape index (κ2) is 15.0. The summed E-state index contributed by atoms with van der Waals surface area (Å²) < 4.78 is 25.5. The van der Waals surface area contributed by atoms with Crippen LogP contribution in [0.1, 0.15) is 57.1 Å². The fourth-order valence-corrected chi connectivity index (χ4v) is 3.46. The van der Waals surface area contributed by atoms with Gasteiger partial charge in [0.15, 0.2) is 5.96 Å². The smallest absolute Gasteiger partial charge is 0.215 e. The molecule has 0 atom stereocenters. The van der Waals surface area contributed by atoms with E-state index in [4.69, 9.17) is 0 Å². The van der Waals surface area contributed by atoms with Crippen LogP contribution < -0.4 is 15.4 Å². The van der Waals surface area contributed by atoms with Crippen LogP contribution in [-0.2, 0) is 22.3 Å². The number of sulfonamides is 1. The van der Waals surface area contributed by atoms with E-state index in [0.29, 0.717) is 6.54 Å². The van der Waals surface area contributed by atoms with Gasteiger partial charge in [-0.25, -0.2) is 13.1 Å². The van der Waals surface area contributed by atoms with E-state index in [1.54, 1.807) is 7.05 Å². The molecule has 0 spiro atoms. The molecule has 1 rings (SSSR count). The number of hydrogen-bond acceptors (Lipinski definition) is 3. The average molecular weight is 525 g/mol. The predicted molar refractivity (Wildman–Crippen MR) is 130 cm³/mol. The highest BCUT2D eigenvalue weighted by Crippen LogP contribution is 2.09. The summed E-state index contributed by atoms with van der Waals surface area (Å²) in [7, 11) is -0.0371. The van der Waals surface area contributed by atoms with Crippen LogP contribution in [0.3, 0.4) is 0 Å². The van der Waals surface area contributed by atoms with Crippen LogP contribution in [0.5, 0.6) is 0 Å². The van der Waals surface area contributed by atoms with Crippen molar-refractivity contribution in [1.29, 1.82) is 0 Å². The van der Waals surface area contributed by atoms with Crippen LogP contribution in [0.15, 0.2) is 29.3 Å². The fraction of sp³-hybridized carbons (Fsp3) is 0.650. The van der Waals surface area contributed by atoms with Gasteiger partial charge in [0.05, 0.1) is 5.75 Å². The lowest BCUT2D eigenvalue weighted by atomic mass is 10.0. The maximum absolute atomic E-state index is 11.6. The zero-order chi connectivity index (χ0) is 20.1. The summed E-state index contributed by atoms with van der Waals surface area (Å²) in [6.45, 7) is 6.11. The first-order chi connectivity index (χ1) is 12.9. The van der Waals surface area contributed by atoms with E-state index in [2.05, 4.69) is 34.2 Å². The number of hydrogen-bond donors (Lipinski definition) is 3. The summed E-state index contributed by atoms with van der Waals surface area (Å²) >= 11 is 0. The first-order valence-electron chi connectivity index (χ1n) is 9.80. The highest BCUT2D eigenvalue weighted by atomic mass is 127. The molecule has 0 unspecified atom stereocenters. The predicted octanol–water partition coefficient (Wildman–Crippen LogP) is 3.63. The Balaban J connectivity index is 0.00000729. The second-order valence-electron chi connectivity index (χ2n) is 7.23. The van der Waals surface area contributed by atoms with Gasteiger partial charge in [-0.1, -0.05) is 63.8 Å². The highest BCUT2D eigenvalue weighted by Gasteiger charge is 2.08. The quantitative estimate of drug-likeness (QED) is 0.169. The highest BCUT2D eigenvalue weighted by molar-refractivity contribution is 14.0. The first-order valence-corrected chi connectivity index (χ1v) is 11.4.